The summed E-state index contributed by atoms with van der Waals surface area (Å²) in [6, 6.07) is 24.4. The summed E-state index contributed by atoms with van der Waals surface area (Å²) in [6.07, 6.45) is 5.59. The van der Waals surface area contributed by atoms with Crippen molar-refractivity contribution in [2.75, 3.05) is 12.4 Å². The van der Waals surface area contributed by atoms with E-state index in [1.807, 2.05) is 54.6 Å². The highest BCUT2D eigenvalue weighted by atomic mass is 16.5. The van der Waals surface area contributed by atoms with Crippen LogP contribution >= 0.6 is 0 Å². The molecule has 3 aromatic carbocycles. The van der Waals surface area contributed by atoms with Crippen molar-refractivity contribution in [2.24, 2.45) is 5.92 Å². The Kier molecular flexibility index (Phi) is 5.21. The summed E-state index contributed by atoms with van der Waals surface area (Å²) in [5, 5.41) is 6.81. The molecule has 0 radical (unpaired) electrons. The predicted octanol–water partition coefficient (Wildman–Crippen LogP) is 5.45. The number of ether oxygens (including phenoxy) is 1. The second-order valence-electron chi connectivity index (χ2n) is 8.19. The molecule has 2 N–H and O–H groups in total. The van der Waals surface area contributed by atoms with Crippen molar-refractivity contribution in [3.63, 3.8) is 0 Å². The van der Waals surface area contributed by atoms with Crippen LogP contribution in [0.15, 0.2) is 84.9 Å². The zero-order valence-corrected chi connectivity index (χ0v) is 17.5. The number of fused-ring (bicyclic) bond motifs is 3. The third kappa shape index (κ3) is 3.70. The number of hydrogen-bond donors (Lipinski definition) is 2. The van der Waals surface area contributed by atoms with E-state index in [0.717, 1.165) is 23.4 Å². The van der Waals surface area contributed by atoms with Crippen LogP contribution in [0.25, 0.3) is 0 Å². The molecule has 1 amide bonds. The van der Waals surface area contributed by atoms with Crippen LogP contribution in [0.3, 0.4) is 0 Å². The zero-order chi connectivity index (χ0) is 21.2. The quantitative estimate of drug-likeness (QED) is 0.550. The Balaban J connectivity index is 1.45. The molecule has 1 heterocycles. The lowest BCUT2D eigenvalue weighted by Gasteiger charge is -2.38. The maximum atomic E-state index is 13.1. The number of hydrogen-bond acceptors (Lipinski definition) is 3. The van der Waals surface area contributed by atoms with E-state index in [-0.39, 0.29) is 11.9 Å². The van der Waals surface area contributed by atoms with Crippen LogP contribution < -0.4 is 15.4 Å². The van der Waals surface area contributed by atoms with Gasteiger partial charge in [0.05, 0.1) is 24.4 Å². The van der Waals surface area contributed by atoms with E-state index in [0.29, 0.717) is 23.9 Å². The smallest absolute Gasteiger partial charge is 0.253 e. The first-order valence-electron chi connectivity index (χ1n) is 10.8. The molecule has 4 heteroatoms. The van der Waals surface area contributed by atoms with Gasteiger partial charge in [-0.05, 0) is 47.2 Å². The normalized spacial score (nSPS) is 21.0. The summed E-state index contributed by atoms with van der Waals surface area (Å²) in [5.74, 6) is 1.54. The van der Waals surface area contributed by atoms with Gasteiger partial charge in [0.1, 0.15) is 5.75 Å². The molecule has 1 aliphatic carbocycles. The van der Waals surface area contributed by atoms with Gasteiger partial charge in [-0.3, -0.25) is 4.79 Å². The van der Waals surface area contributed by atoms with Crippen molar-refractivity contribution in [1.82, 2.24) is 5.32 Å². The van der Waals surface area contributed by atoms with E-state index in [1.165, 1.54) is 11.1 Å². The number of anilines is 1. The molecule has 31 heavy (non-hydrogen) atoms. The first-order valence-corrected chi connectivity index (χ1v) is 10.8. The molecule has 0 saturated heterocycles. The summed E-state index contributed by atoms with van der Waals surface area (Å²) in [5.41, 5.74) is 5.15. The fourth-order valence-electron chi connectivity index (χ4n) is 4.83. The molecule has 0 fully saturated rings. The molecule has 4 nitrogen and oxygen atoms in total. The average Bonchev–Trinajstić information content (AvgIpc) is 3.33. The number of carbonyl (C=O) groups excluding carboxylic acids is 1. The Hall–Kier alpha value is -3.53. The van der Waals surface area contributed by atoms with Crippen molar-refractivity contribution in [3.8, 4) is 5.75 Å². The topological polar surface area (TPSA) is 50.4 Å². The van der Waals surface area contributed by atoms with Gasteiger partial charge in [0.25, 0.3) is 5.91 Å². The molecule has 0 spiro atoms. The monoisotopic (exact) mass is 410 g/mol. The fraction of sp³-hybridized carbons (Fsp3) is 0.222. The lowest BCUT2D eigenvalue weighted by Crippen LogP contribution is -2.32. The average molecular weight is 411 g/mol. The molecule has 2 aliphatic rings. The predicted molar refractivity (Wildman–Crippen MR) is 123 cm³/mol. The zero-order valence-electron chi connectivity index (χ0n) is 17.5. The Bertz CT molecular complexity index is 1110. The second kappa shape index (κ2) is 8.31. The molecule has 1 aliphatic heterocycles. The van der Waals surface area contributed by atoms with Gasteiger partial charge in [0.15, 0.2) is 0 Å². The SMILES string of the molecule is COc1ccc(C2Nc3c(C(=O)NCc4ccccc4)cccc3C3C=CCC32)cc1. The van der Waals surface area contributed by atoms with Gasteiger partial charge < -0.3 is 15.4 Å². The summed E-state index contributed by atoms with van der Waals surface area (Å²) in [6.45, 7) is 0.511. The summed E-state index contributed by atoms with van der Waals surface area (Å²) in [4.78, 5) is 13.1. The number of allylic oxidation sites excluding steroid dienone is 2. The third-order valence-corrected chi connectivity index (χ3v) is 6.41. The lowest BCUT2D eigenvalue weighted by atomic mass is 9.76. The molecule has 3 aromatic rings. The maximum Gasteiger partial charge on any atom is 0.253 e. The van der Waals surface area contributed by atoms with Crippen LogP contribution in [-0.4, -0.2) is 13.0 Å². The third-order valence-electron chi connectivity index (χ3n) is 6.41. The maximum absolute atomic E-state index is 13.1. The summed E-state index contributed by atoms with van der Waals surface area (Å²) >= 11 is 0. The van der Waals surface area contributed by atoms with Crippen LogP contribution in [-0.2, 0) is 6.54 Å². The highest BCUT2D eigenvalue weighted by Crippen LogP contribution is 2.50. The highest BCUT2D eigenvalue weighted by Gasteiger charge is 2.39. The fourth-order valence-corrected chi connectivity index (χ4v) is 4.83. The molecular formula is C27H26N2O2. The number of methoxy groups -OCH3 is 1. The van der Waals surface area contributed by atoms with Crippen molar-refractivity contribution in [3.05, 3.63) is 107 Å². The molecular weight excluding hydrogens is 384 g/mol. The van der Waals surface area contributed by atoms with Gasteiger partial charge >= 0.3 is 0 Å². The van der Waals surface area contributed by atoms with Crippen molar-refractivity contribution < 1.29 is 9.53 Å². The van der Waals surface area contributed by atoms with Crippen LogP contribution in [0.5, 0.6) is 5.75 Å². The number of nitrogens with one attached hydrogen (secondary N) is 2. The Morgan fingerprint density at radius 1 is 1.03 bits per heavy atom. The van der Waals surface area contributed by atoms with E-state index < -0.39 is 0 Å². The second-order valence-corrected chi connectivity index (χ2v) is 8.19. The lowest BCUT2D eigenvalue weighted by molar-refractivity contribution is 0.0951. The molecule has 0 bridgehead atoms. The molecule has 156 valence electrons. The Morgan fingerprint density at radius 3 is 2.61 bits per heavy atom. The molecule has 3 unspecified atom stereocenters. The Labute approximate surface area is 183 Å². The van der Waals surface area contributed by atoms with Crippen LogP contribution in [0.2, 0.25) is 0 Å². The standard InChI is InChI=1S/C27H26N2O2/c1-31-20-15-13-19(14-16-20)25-22-10-5-9-21(22)23-11-6-12-24(26(23)29-25)27(30)28-17-18-7-3-2-4-8-18/h2-9,11-16,21-22,25,29H,10,17H2,1H3,(H,28,30). The van der Waals surface area contributed by atoms with Gasteiger partial charge in [-0.15, -0.1) is 0 Å². The largest absolute Gasteiger partial charge is 0.497 e. The van der Waals surface area contributed by atoms with Crippen molar-refractivity contribution >= 4 is 11.6 Å². The molecule has 0 aromatic heterocycles. The highest BCUT2D eigenvalue weighted by molar-refractivity contribution is 6.00. The van der Waals surface area contributed by atoms with Gasteiger partial charge in [0.2, 0.25) is 0 Å². The molecule has 5 rings (SSSR count). The van der Waals surface area contributed by atoms with E-state index >= 15 is 0 Å². The van der Waals surface area contributed by atoms with E-state index in [9.17, 15) is 4.79 Å². The Morgan fingerprint density at radius 2 is 1.84 bits per heavy atom. The minimum Gasteiger partial charge on any atom is -0.497 e. The number of carbonyl (C=O) groups is 1. The van der Waals surface area contributed by atoms with Gasteiger partial charge in [0, 0.05) is 12.5 Å². The number of para-hydroxylation sites is 1. The number of amides is 1. The van der Waals surface area contributed by atoms with E-state index in [1.54, 1.807) is 7.11 Å². The number of benzene rings is 3. The van der Waals surface area contributed by atoms with Crippen LogP contribution in [0.1, 0.15) is 45.4 Å². The van der Waals surface area contributed by atoms with Crippen molar-refractivity contribution in [1.29, 1.82) is 0 Å². The molecule has 3 atom stereocenters. The first kappa shape index (κ1) is 19.4. The minimum atomic E-state index is -0.0536. The van der Waals surface area contributed by atoms with Gasteiger partial charge in [-0.2, -0.15) is 0 Å². The number of rotatable bonds is 5. The first-order chi connectivity index (χ1) is 15.2. The van der Waals surface area contributed by atoms with E-state index in [4.69, 9.17) is 4.74 Å². The summed E-state index contributed by atoms with van der Waals surface area (Å²) in [7, 11) is 1.68. The van der Waals surface area contributed by atoms with Crippen molar-refractivity contribution in [2.45, 2.75) is 24.9 Å². The molecule has 0 saturated carbocycles. The summed E-state index contributed by atoms with van der Waals surface area (Å²) < 4.78 is 5.33. The van der Waals surface area contributed by atoms with Gasteiger partial charge in [-0.1, -0.05) is 66.7 Å². The minimum absolute atomic E-state index is 0.0536. The van der Waals surface area contributed by atoms with Crippen LogP contribution in [0, 0.1) is 5.92 Å². The van der Waals surface area contributed by atoms with Crippen LogP contribution in [0.4, 0.5) is 5.69 Å². The van der Waals surface area contributed by atoms with Gasteiger partial charge in [-0.25, -0.2) is 0 Å². The van der Waals surface area contributed by atoms with E-state index in [2.05, 4.69) is 41.0 Å².